The minimum absolute atomic E-state index is 0.209. The van der Waals surface area contributed by atoms with Crippen LogP contribution in [0.4, 0.5) is 56.9 Å². The third kappa shape index (κ3) is 5.36. The lowest BCUT2D eigenvalue weighted by Gasteiger charge is -2.44. The largest absolute Gasteiger partial charge is 0.310 e. The summed E-state index contributed by atoms with van der Waals surface area (Å²) in [5.74, 6) is 0. The Morgan fingerprint density at radius 1 is 0.491 bits per heavy atom. The van der Waals surface area contributed by atoms with E-state index in [1.54, 1.807) is 0 Å². The molecule has 0 saturated heterocycles. The van der Waals surface area contributed by atoms with Crippen LogP contribution in [0.2, 0.25) is 0 Å². The summed E-state index contributed by atoms with van der Waals surface area (Å²) >= 11 is 0. The van der Waals surface area contributed by atoms with Gasteiger partial charge in [0.15, 0.2) is 5.69 Å². The number of hydrogen-bond donors (Lipinski definition) is 0. The normalized spacial score (nSPS) is 14.4. The van der Waals surface area contributed by atoms with Gasteiger partial charge in [-0.2, -0.15) is 5.26 Å². The van der Waals surface area contributed by atoms with Crippen LogP contribution in [-0.2, 0) is 10.8 Å². The van der Waals surface area contributed by atoms with Crippen molar-refractivity contribution in [2.75, 3.05) is 14.7 Å². The van der Waals surface area contributed by atoms with E-state index >= 15 is 0 Å². The standard InChI is InChI=1S/C50H39N5/c1-49(2)41-14-6-10-18-45(41)54(46-19-11-7-15-42(46)49)39-30-38(53(36-26-22-34(33-51)23-27-36)37-28-24-35(52-5)25-29-37)31-40(32-39)55-47-20-12-8-16-43(47)50(3,4)44-17-9-13-21-48(44)55/h6-32H,1-4H3. The van der Waals surface area contributed by atoms with Gasteiger partial charge in [-0.1, -0.05) is 113 Å². The predicted molar refractivity (Wildman–Crippen MR) is 226 cm³/mol. The van der Waals surface area contributed by atoms with Crippen LogP contribution in [0.15, 0.2) is 164 Å². The third-order valence-electron chi connectivity index (χ3n) is 11.4. The second-order valence-corrected chi connectivity index (χ2v) is 15.3. The molecule has 264 valence electrons. The topological polar surface area (TPSA) is 37.9 Å². The molecule has 0 radical (unpaired) electrons. The number of nitriles is 1. The van der Waals surface area contributed by atoms with E-state index in [0.29, 0.717) is 11.3 Å². The first-order valence-corrected chi connectivity index (χ1v) is 18.6. The summed E-state index contributed by atoms with van der Waals surface area (Å²) in [6.07, 6.45) is 0. The van der Waals surface area contributed by atoms with Crippen molar-refractivity contribution in [1.29, 1.82) is 5.26 Å². The Balaban J connectivity index is 1.36. The molecule has 0 fully saturated rings. The zero-order valence-corrected chi connectivity index (χ0v) is 31.3. The average molecular weight is 710 g/mol. The van der Waals surface area contributed by atoms with E-state index in [1.807, 2.05) is 48.5 Å². The summed E-state index contributed by atoms with van der Waals surface area (Å²) in [4.78, 5) is 10.7. The van der Waals surface area contributed by atoms with Gasteiger partial charge >= 0.3 is 0 Å². The summed E-state index contributed by atoms with van der Waals surface area (Å²) in [6, 6.07) is 59.6. The molecule has 7 aromatic carbocycles. The highest BCUT2D eigenvalue weighted by atomic mass is 15.2. The first-order valence-electron chi connectivity index (χ1n) is 18.6. The summed E-state index contributed by atoms with van der Waals surface area (Å²) in [5.41, 5.74) is 15.1. The van der Waals surface area contributed by atoms with Gasteiger partial charge in [0.05, 0.1) is 58.0 Å². The lowest BCUT2D eigenvalue weighted by atomic mass is 9.73. The molecule has 0 saturated carbocycles. The van der Waals surface area contributed by atoms with Gasteiger partial charge in [0, 0.05) is 22.2 Å². The molecule has 9 rings (SSSR count). The molecule has 2 heterocycles. The maximum atomic E-state index is 9.71. The van der Waals surface area contributed by atoms with Crippen molar-refractivity contribution in [3.05, 3.63) is 203 Å². The second kappa shape index (κ2) is 12.8. The molecule has 0 amide bonds. The highest BCUT2D eigenvalue weighted by molar-refractivity contribution is 5.94. The molecule has 5 nitrogen and oxygen atoms in total. The van der Waals surface area contributed by atoms with Gasteiger partial charge in [-0.05, 0) is 101 Å². The molecule has 5 heteroatoms. The van der Waals surface area contributed by atoms with E-state index < -0.39 is 0 Å². The number of hydrogen-bond acceptors (Lipinski definition) is 4. The molecule has 55 heavy (non-hydrogen) atoms. The van der Waals surface area contributed by atoms with Crippen molar-refractivity contribution >= 4 is 56.9 Å². The van der Waals surface area contributed by atoms with Gasteiger partial charge in [-0.3, -0.25) is 0 Å². The minimum Gasteiger partial charge on any atom is -0.310 e. The van der Waals surface area contributed by atoms with E-state index in [-0.39, 0.29) is 10.8 Å². The van der Waals surface area contributed by atoms with Crippen LogP contribution in [-0.4, -0.2) is 0 Å². The molecule has 0 aromatic heterocycles. The zero-order valence-electron chi connectivity index (χ0n) is 31.3. The molecule has 7 aromatic rings. The number of para-hydroxylation sites is 4. The Bertz CT molecular complexity index is 2410. The van der Waals surface area contributed by atoms with Crippen molar-refractivity contribution in [2.24, 2.45) is 0 Å². The molecule has 2 aliphatic heterocycles. The van der Waals surface area contributed by atoms with E-state index in [1.165, 1.54) is 22.3 Å². The first-order chi connectivity index (χ1) is 26.7. The first kappa shape index (κ1) is 33.7. The highest BCUT2D eigenvalue weighted by Gasteiger charge is 2.39. The highest BCUT2D eigenvalue weighted by Crippen LogP contribution is 2.56. The van der Waals surface area contributed by atoms with E-state index in [4.69, 9.17) is 6.57 Å². The Kier molecular flexibility index (Phi) is 7.85. The van der Waals surface area contributed by atoms with Crippen molar-refractivity contribution in [2.45, 2.75) is 38.5 Å². The van der Waals surface area contributed by atoms with E-state index in [0.717, 1.165) is 51.2 Å². The fourth-order valence-electron chi connectivity index (χ4n) is 8.67. The number of nitrogens with zero attached hydrogens (tertiary/aromatic N) is 5. The van der Waals surface area contributed by atoms with E-state index in [2.05, 4.69) is 169 Å². The summed E-state index contributed by atoms with van der Waals surface area (Å²) in [6.45, 7) is 16.9. The van der Waals surface area contributed by atoms with Gasteiger partial charge < -0.3 is 14.7 Å². The van der Waals surface area contributed by atoms with Crippen LogP contribution in [0.5, 0.6) is 0 Å². The fraction of sp³-hybridized carbons (Fsp3) is 0.120. The SMILES string of the molecule is [C-]#[N+]c1ccc(N(c2ccc(C#N)cc2)c2cc(N3c4ccccc4C(C)(C)c4ccccc43)cc(N3c4ccccc4C(C)(C)c4ccccc43)c2)cc1. The van der Waals surface area contributed by atoms with Crippen LogP contribution in [0, 0.1) is 17.9 Å². The van der Waals surface area contributed by atoms with Gasteiger partial charge in [-0.15, -0.1) is 0 Å². The quantitative estimate of drug-likeness (QED) is 0.167. The smallest absolute Gasteiger partial charge is 0.187 e. The Morgan fingerprint density at radius 3 is 1.22 bits per heavy atom. The monoisotopic (exact) mass is 709 g/mol. The summed E-state index contributed by atoms with van der Waals surface area (Å²) in [7, 11) is 0. The van der Waals surface area contributed by atoms with Crippen molar-refractivity contribution in [3.63, 3.8) is 0 Å². The van der Waals surface area contributed by atoms with Crippen molar-refractivity contribution in [3.8, 4) is 6.07 Å². The summed E-state index contributed by atoms with van der Waals surface area (Å²) < 4.78 is 0. The van der Waals surface area contributed by atoms with Gasteiger partial charge in [0.2, 0.25) is 0 Å². The average Bonchev–Trinajstić information content (AvgIpc) is 3.22. The Labute approximate surface area is 323 Å². The van der Waals surface area contributed by atoms with Crippen molar-refractivity contribution < 1.29 is 0 Å². The molecule has 0 N–H and O–H groups in total. The molecule has 0 bridgehead atoms. The molecule has 0 unspecified atom stereocenters. The van der Waals surface area contributed by atoms with Crippen molar-refractivity contribution in [1.82, 2.24) is 0 Å². The number of fused-ring (bicyclic) bond motifs is 4. The number of rotatable bonds is 5. The minimum atomic E-state index is -0.209. The van der Waals surface area contributed by atoms with Crippen LogP contribution in [0.3, 0.4) is 0 Å². The zero-order chi connectivity index (χ0) is 37.9. The molecular formula is C50H39N5. The molecule has 2 aliphatic rings. The Morgan fingerprint density at radius 2 is 0.855 bits per heavy atom. The van der Waals surface area contributed by atoms with Crippen LogP contribution < -0.4 is 14.7 Å². The van der Waals surface area contributed by atoms with Crippen LogP contribution >= 0.6 is 0 Å². The maximum Gasteiger partial charge on any atom is 0.187 e. The van der Waals surface area contributed by atoms with Gasteiger partial charge in [0.25, 0.3) is 0 Å². The number of anilines is 9. The van der Waals surface area contributed by atoms with Crippen LogP contribution in [0.1, 0.15) is 55.5 Å². The molecule has 0 spiro atoms. The fourth-order valence-corrected chi connectivity index (χ4v) is 8.67. The molecule has 0 atom stereocenters. The van der Waals surface area contributed by atoms with Crippen LogP contribution in [0.25, 0.3) is 4.85 Å². The maximum absolute atomic E-state index is 9.71. The molecule has 0 aliphatic carbocycles. The molecular weight excluding hydrogens is 671 g/mol. The van der Waals surface area contributed by atoms with Gasteiger partial charge in [0.1, 0.15) is 0 Å². The lowest BCUT2D eigenvalue weighted by Crippen LogP contribution is -2.31. The Hall–Kier alpha value is -7.08. The van der Waals surface area contributed by atoms with Gasteiger partial charge in [-0.25, -0.2) is 4.85 Å². The second-order valence-electron chi connectivity index (χ2n) is 15.3. The number of benzene rings is 7. The predicted octanol–water partition coefficient (Wildman–Crippen LogP) is 13.8. The van der Waals surface area contributed by atoms with E-state index in [9.17, 15) is 5.26 Å². The third-order valence-corrected chi connectivity index (χ3v) is 11.4. The lowest BCUT2D eigenvalue weighted by molar-refractivity contribution is 0.631. The summed E-state index contributed by atoms with van der Waals surface area (Å²) in [5, 5.41) is 9.71.